The summed E-state index contributed by atoms with van der Waals surface area (Å²) < 4.78 is 1.82. The molecule has 27 heavy (non-hydrogen) atoms. The molecule has 136 valence electrons. The van der Waals surface area contributed by atoms with Crippen molar-refractivity contribution in [2.75, 3.05) is 0 Å². The number of nitrogens with zero attached hydrogens (tertiary/aromatic N) is 4. The van der Waals surface area contributed by atoms with Gasteiger partial charge in [-0.3, -0.25) is 0 Å². The molecule has 0 aliphatic heterocycles. The van der Waals surface area contributed by atoms with E-state index in [9.17, 15) is 0 Å². The molecule has 4 rings (SSSR count). The molecule has 0 aliphatic carbocycles. The first kappa shape index (κ1) is 17.6. The van der Waals surface area contributed by atoms with Crippen molar-refractivity contribution in [1.29, 1.82) is 0 Å². The Balaban J connectivity index is 1.59. The molecule has 0 fully saturated rings. The molecule has 4 aromatic rings. The van der Waals surface area contributed by atoms with Gasteiger partial charge in [0.1, 0.15) is 5.01 Å². The number of aromatic nitrogens is 4. The van der Waals surface area contributed by atoms with Gasteiger partial charge >= 0.3 is 0 Å². The monoisotopic (exact) mass is 374 g/mol. The van der Waals surface area contributed by atoms with Crippen LogP contribution in [0.4, 0.5) is 0 Å². The topological polar surface area (TPSA) is 43.1 Å². The molecule has 4 nitrogen and oxygen atoms in total. The van der Waals surface area contributed by atoms with Crippen LogP contribution in [-0.2, 0) is 5.41 Å². The fraction of sp³-hybridized carbons (Fsp3) is 0.227. The van der Waals surface area contributed by atoms with Gasteiger partial charge in [0.05, 0.1) is 0 Å². The van der Waals surface area contributed by atoms with Gasteiger partial charge in [-0.15, -0.1) is 10.2 Å². The van der Waals surface area contributed by atoms with Gasteiger partial charge in [-0.25, -0.2) is 0 Å². The van der Waals surface area contributed by atoms with Crippen molar-refractivity contribution in [3.63, 3.8) is 0 Å². The SMILES string of the molecule is Cc1ccc(-c2nnc3sc(/C=C/c4ccc(C(C)(C)C)cc4)nn23)cc1. The van der Waals surface area contributed by atoms with E-state index in [2.05, 4.69) is 97.6 Å². The minimum Gasteiger partial charge on any atom is -0.182 e. The molecule has 0 N–H and O–H groups in total. The van der Waals surface area contributed by atoms with Crippen LogP contribution in [0.25, 0.3) is 28.5 Å². The molecule has 2 aromatic heterocycles. The second kappa shape index (κ2) is 6.74. The standard InChI is InChI=1S/C22H22N4S/c1-15-5-10-17(11-6-15)20-23-24-21-26(20)25-19(27-21)14-9-16-7-12-18(13-8-16)22(2,3)4/h5-14H,1-4H3/b14-9+. The number of fused-ring (bicyclic) bond motifs is 1. The van der Waals surface area contributed by atoms with E-state index in [0.29, 0.717) is 0 Å². The average Bonchev–Trinajstić information content (AvgIpc) is 3.21. The van der Waals surface area contributed by atoms with Gasteiger partial charge in [0.2, 0.25) is 4.96 Å². The Kier molecular flexibility index (Phi) is 4.40. The van der Waals surface area contributed by atoms with Crippen LogP contribution in [0.5, 0.6) is 0 Å². The maximum Gasteiger partial charge on any atom is 0.235 e. The third kappa shape index (κ3) is 3.69. The maximum absolute atomic E-state index is 4.67. The molecule has 0 radical (unpaired) electrons. The predicted molar refractivity (Wildman–Crippen MR) is 113 cm³/mol. The van der Waals surface area contributed by atoms with Gasteiger partial charge in [0.15, 0.2) is 5.82 Å². The Morgan fingerprint density at radius 1 is 0.889 bits per heavy atom. The molecule has 0 saturated carbocycles. The summed E-state index contributed by atoms with van der Waals surface area (Å²) in [7, 11) is 0. The van der Waals surface area contributed by atoms with Crippen molar-refractivity contribution < 1.29 is 0 Å². The second-order valence-electron chi connectivity index (χ2n) is 7.73. The Morgan fingerprint density at radius 3 is 2.26 bits per heavy atom. The molecule has 0 amide bonds. The van der Waals surface area contributed by atoms with E-state index in [-0.39, 0.29) is 5.41 Å². The first-order valence-electron chi connectivity index (χ1n) is 8.98. The van der Waals surface area contributed by atoms with Crippen LogP contribution < -0.4 is 0 Å². The zero-order chi connectivity index (χ0) is 19.0. The molecule has 0 aliphatic rings. The van der Waals surface area contributed by atoms with Gasteiger partial charge in [-0.2, -0.15) is 9.61 Å². The Bertz CT molecular complexity index is 1090. The van der Waals surface area contributed by atoms with Crippen LogP contribution >= 0.6 is 11.3 Å². The summed E-state index contributed by atoms with van der Waals surface area (Å²) >= 11 is 1.53. The van der Waals surface area contributed by atoms with E-state index in [1.165, 1.54) is 22.5 Å². The smallest absolute Gasteiger partial charge is 0.182 e. The summed E-state index contributed by atoms with van der Waals surface area (Å²) in [6.45, 7) is 8.75. The van der Waals surface area contributed by atoms with Crippen molar-refractivity contribution in [2.45, 2.75) is 33.1 Å². The zero-order valence-corrected chi connectivity index (χ0v) is 16.8. The minimum atomic E-state index is 0.169. The van der Waals surface area contributed by atoms with Crippen molar-refractivity contribution in [1.82, 2.24) is 19.8 Å². The summed E-state index contributed by atoms with van der Waals surface area (Å²) in [6, 6.07) is 16.9. The highest BCUT2D eigenvalue weighted by Gasteiger charge is 2.13. The summed E-state index contributed by atoms with van der Waals surface area (Å²) in [6.07, 6.45) is 4.12. The first-order valence-corrected chi connectivity index (χ1v) is 9.80. The number of rotatable bonds is 3. The summed E-state index contributed by atoms with van der Waals surface area (Å²) in [5.74, 6) is 0.774. The normalized spacial score (nSPS) is 12.3. The summed E-state index contributed by atoms with van der Waals surface area (Å²) in [4.78, 5) is 0.799. The second-order valence-corrected chi connectivity index (χ2v) is 8.72. The zero-order valence-electron chi connectivity index (χ0n) is 16.0. The van der Waals surface area contributed by atoms with Gasteiger partial charge < -0.3 is 0 Å². The molecule has 0 spiro atoms. The summed E-state index contributed by atoms with van der Waals surface area (Å²) in [5, 5.41) is 14.1. The molecule has 0 unspecified atom stereocenters. The van der Waals surface area contributed by atoms with Crippen LogP contribution in [0.1, 0.15) is 42.5 Å². The van der Waals surface area contributed by atoms with E-state index in [1.807, 2.05) is 10.6 Å². The molecule has 0 atom stereocenters. The molecule has 5 heteroatoms. The van der Waals surface area contributed by atoms with Crippen molar-refractivity contribution >= 4 is 28.4 Å². The van der Waals surface area contributed by atoms with Crippen molar-refractivity contribution in [3.05, 3.63) is 70.2 Å². The fourth-order valence-electron chi connectivity index (χ4n) is 2.84. The third-order valence-corrected chi connectivity index (χ3v) is 5.38. The highest BCUT2D eigenvalue weighted by molar-refractivity contribution is 7.17. The third-order valence-electron chi connectivity index (χ3n) is 4.51. The lowest BCUT2D eigenvalue weighted by Gasteiger charge is -2.18. The van der Waals surface area contributed by atoms with Gasteiger partial charge in [0.25, 0.3) is 0 Å². The van der Waals surface area contributed by atoms with Crippen LogP contribution in [-0.4, -0.2) is 19.8 Å². The van der Waals surface area contributed by atoms with Crippen molar-refractivity contribution in [3.8, 4) is 11.4 Å². The molecular formula is C22H22N4S. The Hall–Kier alpha value is -2.79. The minimum absolute atomic E-state index is 0.169. The number of aryl methyl sites for hydroxylation is 1. The lowest BCUT2D eigenvalue weighted by Crippen LogP contribution is -2.10. The van der Waals surface area contributed by atoms with E-state index >= 15 is 0 Å². The van der Waals surface area contributed by atoms with Crippen LogP contribution in [0, 0.1) is 6.92 Å². The Labute approximate surface area is 163 Å². The van der Waals surface area contributed by atoms with Gasteiger partial charge in [-0.05, 0) is 29.5 Å². The number of hydrogen-bond donors (Lipinski definition) is 0. The largest absolute Gasteiger partial charge is 0.235 e. The van der Waals surface area contributed by atoms with E-state index < -0.39 is 0 Å². The van der Waals surface area contributed by atoms with Crippen LogP contribution in [0.3, 0.4) is 0 Å². The molecule has 2 aromatic carbocycles. The maximum atomic E-state index is 4.67. The van der Waals surface area contributed by atoms with E-state index in [0.717, 1.165) is 26.9 Å². The number of hydrogen-bond acceptors (Lipinski definition) is 4. The average molecular weight is 375 g/mol. The van der Waals surface area contributed by atoms with Crippen LogP contribution in [0.2, 0.25) is 0 Å². The highest BCUT2D eigenvalue weighted by Crippen LogP contribution is 2.24. The van der Waals surface area contributed by atoms with E-state index in [4.69, 9.17) is 0 Å². The molecule has 0 saturated heterocycles. The van der Waals surface area contributed by atoms with Crippen LogP contribution in [0.15, 0.2) is 48.5 Å². The fourth-order valence-corrected chi connectivity index (χ4v) is 3.58. The lowest BCUT2D eigenvalue weighted by atomic mass is 9.87. The van der Waals surface area contributed by atoms with E-state index in [1.54, 1.807) is 0 Å². The molecular weight excluding hydrogens is 352 g/mol. The van der Waals surface area contributed by atoms with Gasteiger partial charge in [0, 0.05) is 5.56 Å². The predicted octanol–water partition coefficient (Wildman–Crippen LogP) is 5.63. The lowest BCUT2D eigenvalue weighted by molar-refractivity contribution is 0.590. The molecule has 0 bridgehead atoms. The summed E-state index contributed by atoms with van der Waals surface area (Å²) in [5.41, 5.74) is 4.90. The molecule has 2 heterocycles. The van der Waals surface area contributed by atoms with Crippen molar-refractivity contribution in [2.24, 2.45) is 0 Å². The number of benzene rings is 2. The quantitative estimate of drug-likeness (QED) is 0.467. The highest BCUT2D eigenvalue weighted by atomic mass is 32.1. The van der Waals surface area contributed by atoms with Gasteiger partial charge in [-0.1, -0.05) is 92.3 Å². The Morgan fingerprint density at radius 2 is 1.59 bits per heavy atom. The first-order chi connectivity index (χ1) is 12.9.